The average molecular weight is 403 g/mol. The van der Waals surface area contributed by atoms with Gasteiger partial charge >= 0.3 is 6.36 Å². The minimum absolute atomic E-state index is 0.0561. The minimum atomic E-state index is -4.80. The maximum absolute atomic E-state index is 12.0. The molecule has 0 spiro atoms. The lowest BCUT2D eigenvalue weighted by molar-refractivity contribution is -0.274. The van der Waals surface area contributed by atoms with Gasteiger partial charge in [0.2, 0.25) is 0 Å². The summed E-state index contributed by atoms with van der Waals surface area (Å²) in [6, 6.07) is 10.7. The maximum Gasteiger partial charge on any atom is 0.573 e. The summed E-state index contributed by atoms with van der Waals surface area (Å²) in [6.07, 6.45) is -4.80. The molecular formula is C15H10BrF3N2O3. The lowest BCUT2D eigenvalue weighted by Gasteiger charge is -2.10. The van der Waals surface area contributed by atoms with Gasteiger partial charge in [-0.25, -0.2) is 0 Å². The normalized spacial score (nSPS) is 10.8. The van der Waals surface area contributed by atoms with Crippen LogP contribution in [-0.2, 0) is 0 Å². The quantitative estimate of drug-likeness (QED) is 0.772. The lowest BCUT2D eigenvalue weighted by Crippen LogP contribution is -2.41. The molecule has 0 saturated heterocycles. The van der Waals surface area contributed by atoms with Crippen molar-refractivity contribution in [3.05, 3.63) is 64.1 Å². The number of amides is 2. The van der Waals surface area contributed by atoms with E-state index in [2.05, 4.69) is 31.5 Å². The molecule has 2 N–H and O–H groups in total. The number of rotatable bonds is 3. The summed E-state index contributed by atoms with van der Waals surface area (Å²) in [5.41, 5.74) is 4.75. The van der Waals surface area contributed by atoms with Crippen LogP contribution < -0.4 is 15.6 Å². The molecule has 9 heteroatoms. The van der Waals surface area contributed by atoms with E-state index >= 15 is 0 Å². The Morgan fingerprint density at radius 1 is 0.833 bits per heavy atom. The van der Waals surface area contributed by atoms with Crippen LogP contribution in [0, 0.1) is 0 Å². The van der Waals surface area contributed by atoms with Gasteiger partial charge in [0.15, 0.2) is 0 Å². The number of benzene rings is 2. The summed E-state index contributed by atoms with van der Waals surface area (Å²) >= 11 is 3.23. The SMILES string of the molecule is O=C(NNC(=O)c1ccc(OC(F)(F)F)cc1)c1ccc(Br)cc1. The van der Waals surface area contributed by atoms with E-state index in [1.54, 1.807) is 24.3 Å². The molecule has 24 heavy (non-hydrogen) atoms. The van der Waals surface area contributed by atoms with E-state index in [4.69, 9.17) is 0 Å². The number of hydrogen-bond donors (Lipinski definition) is 2. The van der Waals surface area contributed by atoms with Gasteiger partial charge in [0.1, 0.15) is 5.75 Å². The van der Waals surface area contributed by atoms with Crippen molar-refractivity contribution in [1.82, 2.24) is 10.9 Å². The number of carbonyl (C=O) groups is 2. The van der Waals surface area contributed by atoms with E-state index in [-0.39, 0.29) is 5.56 Å². The highest BCUT2D eigenvalue weighted by Gasteiger charge is 2.31. The third-order valence-electron chi connectivity index (χ3n) is 2.75. The van der Waals surface area contributed by atoms with Crippen molar-refractivity contribution in [2.45, 2.75) is 6.36 Å². The number of halogens is 4. The predicted molar refractivity (Wildman–Crippen MR) is 82.2 cm³/mol. The molecule has 0 fully saturated rings. The zero-order valence-corrected chi connectivity index (χ0v) is 13.4. The summed E-state index contributed by atoms with van der Waals surface area (Å²) in [5.74, 6) is -1.66. The third-order valence-corrected chi connectivity index (χ3v) is 3.27. The fourth-order valence-electron chi connectivity index (χ4n) is 1.67. The highest BCUT2D eigenvalue weighted by Crippen LogP contribution is 2.22. The van der Waals surface area contributed by atoms with Gasteiger partial charge in [-0.2, -0.15) is 0 Å². The van der Waals surface area contributed by atoms with Crippen LogP contribution in [0.4, 0.5) is 13.2 Å². The molecule has 2 amide bonds. The van der Waals surface area contributed by atoms with Crippen LogP contribution >= 0.6 is 15.9 Å². The Morgan fingerprint density at radius 2 is 1.25 bits per heavy atom. The van der Waals surface area contributed by atoms with E-state index in [9.17, 15) is 22.8 Å². The van der Waals surface area contributed by atoms with Crippen molar-refractivity contribution in [2.24, 2.45) is 0 Å². The molecule has 0 heterocycles. The summed E-state index contributed by atoms with van der Waals surface area (Å²) in [5, 5.41) is 0. The Morgan fingerprint density at radius 3 is 1.67 bits per heavy atom. The van der Waals surface area contributed by atoms with Crippen LogP contribution in [0.15, 0.2) is 53.0 Å². The standard InChI is InChI=1S/C15H10BrF3N2O3/c16-11-5-1-9(2-6-11)13(22)20-21-14(23)10-3-7-12(8-4-10)24-15(17,18)19/h1-8H,(H,20,22)(H,21,23). The first-order chi connectivity index (χ1) is 11.2. The second-order valence-corrected chi connectivity index (χ2v) is 5.40. The Bertz CT molecular complexity index is 731. The summed E-state index contributed by atoms with van der Waals surface area (Å²) < 4.78 is 40.6. The van der Waals surface area contributed by atoms with Crippen molar-refractivity contribution in [3.63, 3.8) is 0 Å². The fraction of sp³-hybridized carbons (Fsp3) is 0.0667. The topological polar surface area (TPSA) is 67.4 Å². The van der Waals surface area contributed by atoms with E-state index in [0.717, 1.165) is 28.7 Å². The average Bonchev–Trinajstić information content (AvgIpc) is 2.52. The number of carbonyl (C=O) groups excluding carboxylic acids is 2. The molecule has 2 aromatic rings. The van der Waals surface area contributed by atoms with Gasteiger partial charge in [0.25, 0.3) is 11.8 Å². The monoisotopic (exact) mass is 402 g/mol. The molecule has 2 rings (SSSR count). The molecule has 0 saturated carbocycles. The highest BCUT2D eigenvalue weighted by atomic mass is 79.9. The number of hydrazine groups is 1. The summed E-state index contributed by atoms with van der Waals surface area (Å²) in [6.45, 7) is 0. The number of alkyl halides is 3. The van der Waals surface area contributed by atoms with Crippen molar-refractivity contribution < 1.29 is 27.5 Å². The van der Waals surface area contributed by atoms with Crippen LogP contribution in [0.1, 0.15) is 20.7 Å². The van der Waals surface area contributed by atoms with Gasteiger partial charge in [-0.15, -0.1) is 13.2 Å². The van der Waals surface area contributed by atoms with Gasteiger partial charge < -0.3 is 4.74 Å². The van der Waals surface area contributed by atoms with E-state index in [1.807, 2.05) is 0 Å². The van der Waals surface area contributed by atoms with Gasteiger partial charge in [0.05, 0.1) is 0 Å². The molecule has 0 aliphatic rings. The van der Waals surface area contributed by atoms with Gasteiger partial charge in [-0.05, 0) is 48.5 Å². The predicted octanol–water partition coefficient (Wildman–Crippen LogP) is 3.42. The molecule has 0 aliphatic heterocycles. The second kappa shape index (κ2) is 7.35. The number of ether oxygens (including phenoxy) is 1. The largest absolute Gasteiger partial charge is 0.573 e. The number of hydrogen-bond acceptors (Lipinski definition) is 3. The van der Waals surface area contributed by atoms with Crippen LogP contribution in [0.25, 0.3) is 0 Å². The Labute approximate surface area is 142 Å². The van der Waals surface area contributed by atoms with Gasteiger partial charge in [0, 0.05) is 15.6 Å². The van der Waals surface area contributed by atoms with Crippen LogP contribution in [0.3, 0.4) is 0 Å². The Kier molecular flexibility index (Phi) is 5.45. The van der Waals surface area contributed by atoms with E-state index in [0.29, 0.717) is 5.56 Å². The van der Waals surface area contributed by atoms with Crippen LogP contribution in [0.5, 0.6) is 5.75 Å². The Hall–Kier alpha value is -2.55. The molecule has 0 radical (unpaired) electrons. The summed E-state index contributed by atoms with van der Waals surface area (Å²) in [7, 11) is 0. The van der Waals surface area contributed by atoms with Crippen molar-refractivity contribution in [2.75, 3.05) is 0 Å². The molecule has 2 aromatic carbocycles. The van der Waals surface area contributed by atoms with Crippen LogP contribution in [-0.4, -0.2) is 18.2 Å². The van der Waals surface area contributed by atoms with Crippen molar-refractivity contribution in [1.29, 1.82) is 0 Å². The first-order valence-corrected chi connectivity index (χ1v) is 7.26. The van der Waals surface area contributed by atoms with Crippen molar-refractivity contribution >= 4 is 27.7 Å². The first-order valence-electron chi connectivity index (χ1n) is 6.47. The van der Waals surface area contributed by atoms with Gasteiger partial charge in [-0.3, -0.25) is 20.4 Å². The van der Waals surface area contributed by atoms with Crippen LogP contribution in [0.2, 0.25) is 0 Å². The molecule has 0 bridgehead atoms. The zero-order chi connectivity index (χ0) is 17.7. The zero-order valence-electron chi connectivity index (χ0n) is 11.9. The molecule has 5 nitrogen and oxygen atoms in total. The molecule has 0 aromatic heterocycles. The highest BCUT2D eigenvalue weighted by molar-refractivity contribution is 9.10. The minimum Gasteiger partial charge on any atom is -0.406 e. The first kappa shape index (κ1) is 17.8. The summed E-state index contributed by atoms with van der Waals surface area (Å²) in [4.78, 5) is 23.7. The lowest BCUT2D eigenvalue weighted by atomic mass is 10.2. The molecule has 0 unspecified atom stereocenters. The smallest absolute Gasteiger partial charge is 0.406 e. The molecule has 0 atom stereocenters. The second-order valence-electron chi connectivity index (χ2n) is 4.49. The van der Waals surface area contributed by atoms with Gasteiger partial charge in [-0.1, -0.05) is 15.9 Å². The van der Waals surface area contributed by atoms with E-state index < -0.39 is 23.9 Å². The third kappa shape index (κ3) is 5.27. The molecule has 0 aliphatic carbocycles. The molecule has 126 valence electrons. The van der Waals surface area contributed by atoms with Crippen molar-refractivity contribution in [3.8, 4) is 5.75 Å². The fourth-order valence-corrected chi connectivity index (χ4v) is 1.93. The number of nitrogens with one attached hydrogen (secondary N) is 2. The Balaban J connectivity index is 1.92. The maximum atomic E-state index is 12.0. The van der Waals surface area contributed by atoms with E-state index in [1.165, 1.54) is 0 Å². The molecular weight excluding hydrogens is 393 g/mol.